The molecule has 1 rings (SSSR count). The van der Waals surface area contributed by atoms with Crippen molar-refractivity contribution in [1.82, 2.24) is 0 Å². The molecule has 0 aliphatic rings. The van der Waals surface area contributed by atoms with E-state index in [9.17, 15) is 5.11 Å². The minimum atomic E-state index is -0.336. The highest BCUT2D eigenvalue weighted by Crippen LogP contribution is 2.28. The van der Waals surface area contributed by atoms with Crippen LogP contribution in [0.5, 0.6) is 0 Å². The molecule has 0 aromatic heterocycles. The summed E-state index contributed by atoms with van der Waals surface area (Å²) >= 11 is 3.50. The SMILES string of the molecule is Cc1cc(C(O)CC(C)C)c(C)cc1Br. The molecule has 0 radical (unpaired) electrons. The van der Waals surface area contributed by atoms with Gasteiger partial charge in [0.25, 0.3) is 0 Å². The largest absolute Gasteiger partial charge is 0.388 e. The molecule has 1 aromatic carbocycles. The standard InChI is InChI=1S/C13H19BrO/c1-8(2)5-13(15)11-6-10(4)12(14)7-9(11)3/h6-8,13,15H,5H2,1-4H3. The van der Waals surface area contributed by atoms with Crippen LogP contribution in [0.25, 0.3) is 0 Å². The van der Waals surface area contributed by atoms with Gasteiger partial charge in [0, 0.05) is 4.47 Å². The molecule has 1 N–H and O–H groups in total. The number of halogens is 1. The average molecular weight is 271 g/mol. The van der Waals surface area contributed by atoms with Crippen molar-refractivity contribution in [2.75, 3.05) is 0 Å². The lowest BCUT2D eigenvalue weighted by Crippen LogP contribution is -2.04. The molecule has 0 fully saturated rings. The van der Waals surface area contributed by atoms with Crippen LogP contribution in [0, 0.1) is 19.8 Å². The Morgan fingerprint density at radius 3 is 2.33 bits per heavy atom. The van der Waals surface area contributed by atoms with Crippen LogP contribution in [0.2, 0.25) is 0 Å². The molecule has 1 nitrogen and oxygen atoms in total. The minimum absolute atomic E-state index is 0.336. The zero-order valence-corrected chi connectivity index (χ0v) is 11.4. The summed E-state index contributed by atoms with van der Waals surface area (Å²) in [5, 5.41) is 10.1. The number of hydrogen-bond acceptors (Lipinski definition) is 1. The maximum atomic E-state index is 10.1. The zero-order valence-electron chi connectivity index (χ0n) is 9.84. The van der Waals surface area contributed by atoms with Crippen LogP contribution in [0.1, 0.15) is 43.1 Å². The van der Waals surface area contributed by atoms with Crippen molar-refractivity contribution in [3.63, 3.8) is 0 Å². The first-order chi connectivity index (χ1) is 6.91. The molecule has 1 aromatic rings. The van der Waals surface area contributed by atoms with Crippen LogP contribution in [0.15, 0.2) is 16.6 Å². The van der Waals surface area contributed by atoms with Crippen LogP contribution in [-0.2, 0) is 0 Å². The fourth-order valence-corrected chi connectivity index (χ4v) is 2.19. The van der Waals surface area contributed by atoms with Gasteiger partial charge < -0.3 is 5.11 Å². The molecular formula is C13H19BrO. The minimum Gasteiger partial charge on any atom is -0.388 e. The van der Waals surface area contributed by atoms with Crippen LogP contribution in [0.4, 0.5) is 0 Å². The van der Waals surface area contributed by atoms with Crippen LogP contribution in [-0.4, -0.2) is 5.11 Å². The lowest BCUT2D eigenvalue weighted by Gasteiger charge is -2.17. The maximum absolute atomic E-state index is 10.1. The molecule has 0 aliphatic heterocycles. The molecular weight excluding hydrogens is 252 g/mol. The van der Waals surface area contributed by atoms with E-state index in [1.807, 2.05) is 6.92 Å². The van der Waals surface area contributed by atoms with Crippen molar-refractivity contribution >= 4 is 15.9 Å². The highest BCUT2D eigenvalue weighted by atomic mass is 79.9. The Kier molecular flexibility index (Phi) is 4.35. The number of aryl methyl sites for hydroxylation is 2. The molecule has 1 atom stereocenters. The Labute approximate surface area is 101 Å². The lowest BCUT2D eigenvalue weighted by atomic mass is 9.95. The Morgan fingerprint density at radius 2 is 1.80 bits per heavy atom. The van der Waals surface area contributed by atoms with Gasteiger partial charge in [0.2, 0.25) is 0 Å². The normalized spacial score (nSPS) is 13.3. The van der Waals surface area contributed by atoms with Gasteiger partial charge in [-0.05, 0) is 48.9 Å². The smallest absolute Gasteiger partial charge is 0.0795 e. The van der Waals surface area contributed by atoms with E-state index < -0.39 is 0 Å². The first kappa shape index (κ1) is 12.7. The van der Waals surface area contributed by atoms with E-state index in [-0.39, 0.29) is 6.10 Å². The van der Waals surface area contributed by atoms with Crippen molar-refractivity contribution < 1.29 is 5.11 Å². The highest BCUT2D eigenvalue weighted by Gasteiger charge is 2.13. The molecule has 0 spiro atoms. The molecule has 15 heavy (non-hydrogen) atoms. The van der Waals surface area contributed by atoms with E-state index in [0.29, 0.717) is 5.92 Å². The van der Waals surface area contributed by atoms with Crippen molar-refractivity contribution in [2.24, 2.45) is 5.92 Å². The van der Waals surface area contributed by atoms with E-state index in [0.717, 1.165) is 22.0 Å². The predicted octanol–water partition coefficient (Wildman–Crippen LogP) is 4.15. The second-order valence-corrected chi connectivity index (χ2v) is 5.46. The first-order valence-electron chi connectivity index (χ1n) is 5.36. The van der Waals surface area contributed by atoms with Crippen LogP contribution >= 0.6 is 15.9 Å². The highest BCUT2D eigenvalue weighted by molar-refractivity contribution is 9.10. The Bertz CT molecular complexity index is 345. The van der Waals surface area contributed by atoms with Crippen LogP contribution in [0.3, 0.4) is 0 Å². The molecule has 84 valence electrons. The number of aliphatic hydroxyl groups is 1. The van der Waals surface area contributed by atoms with Crippen molar-refractivity contribution in [2.45, 2.75) is 40.2 Å². The molecule has 1 unspecified atom stereocenters. The third-order valence-electron chi connectivity index (χ3n) is 2.60. The van der Waals surface area contributed by atoms with Gasteiger partial charge in [0.1, 0.15) is 0 Å². The monoisotopic (exact) mass is 270 g/mol. The Morgan fingerprint density at radius 1 is 1.20 bits per heavy atom. The van der Waals surface area contributed by atoms with Gasteiger partial charge in [-0.15, -0.1) is 0 Å². The molecule has 0 aliphatic carbocycles. The summed E-state index contributed by atoms with van der Waals surface area (Å²) in [5.41, 5.74) is 3.39. The quantitative estimate of drug-likeness (QED) is 0.875. The summed E-state index contributed by atoms with van der Waals surface area (Å²) in [6.07, 6.45) is 0.485. The van der Waals surface area contributed by atoms with Gasteiger partial charge in [0.05, 0.1) is 6.10 Å². The number of benzene rings is 1. The van der Waals surface area contributed by atoms with Gasteiger partial charge in [-0.3, -0.25) is 0 Å². The third-order valence-corrected chi connectivity index (χ3v) is 3.46. The number of hydrogen-bond donors (Lipinski definition) is 1. The van der Waals surface area contributed by atoms with Gasteiger partial charge in [0.15, 0.2) is 0 Å². The van der Waals surface area contributed by atoms with Gasteiger partial charge in [-0.1, -0.05) is 35.8 Å². The first-order valence-corrected chi connectivity index (χ1v) is 6.15. The van der Waals surface area contributed by atoms with Gasteiger partial charge >= 0.3 is 0 Å². The topological polar surface area (TPSA) is 20.2 Å². The maximum Gasteiger partial charge on any atom is 0.0795 e. The van der Waals surface area contributed by atoms with E-state index in [1.54, 1.807) is 0 Å². The summed E-state index contributed by atoms with van der Waals surface area (Å²) < 4.78 is 1.11. The van der Waals surface area contributed by atoms with E-state index in [2.05, 4.69) is 48.8 Å². The average Bonchev–Trinajstić information content (AvgIpc) is 2.09. The zero-order chi connectivity index (χ0) is 11.6. The van der Waals surface area contributed by atoms with E-state index in [1.165, 1.54) is 5.56 Å². The molecule has 0 saturated heterocycles. The van der Waals surface area contributed by atoms with E-state index in [4.69, 9.17) is 0 Å². The predicted molar refractivity (Wildman–Crippen MR) is 68.0 cm³/mol. The fraction of sp³-hybridized carbons (Fsp3) is 0.538. The molecule has 0 heterocycles. The third kappa shape index (κ3) is 3.32. The van der Waals surface area contributed by atoms with Crippen molar-refractivity contribution in [3.05, 3.63) is 33.3 Å². The molecule has 0 bridgehead atoms. The number of rotatable bonds is 3. The summed E-state index contributed by atoms with van der Waals surface area (Å²) in [4.78, 5) is 0. The van der Waals surface area contributed by atoms with E-state index >= 15 is 0 Å². The Balaban J connectivity index is 2.98. The summed E-state index contributed by atoms with van der Waals surface area (Å²) in [7, 11) is 0. The lowest BCUT2D eigenvalue weighted by molar-refractivity contribution is 0.150. The molecule has 0 saturated carbocycles. The molecule has 0 amide bonds. The van der Waals surface area contributed by atoms with Gasteiger partial charge in [-0.2, -0.15) is 0 Å². The number of aliphatic hydroxyl groups excluding tert-OH is 1. The summed E-state index contributed by atoms with van der Waals surface area (Å²) in [5.74, 6) is 0.517. The second kappa shape index (κ2) is 5.13. The summed E-state index contributed by atoms with van der Waals surface area (Å²) in [6.45, 7) is 8.35. The fourth-order valence-electron chi connectivity index (χ4n) is 1.74. The Hall–Kier alpha value is -0.340. The van der Waals surface area contributed by atoms with Crippen molar-refractivity contribution in [1.29, 1.82) is 0 Å². The van der Waals surface area contributed by atoms with Crippen molar-refractivity contribution in [3.8, 4) is 0 Å². The van der Waals surface area contributed by atoms with Gasteiger partial charge in [-0.25, -0.2) is 0 Å². The second-order valence-electron chi connectivity index (χ2n) is 4.60. The summed E-state index contributed by atoms with van der Waals surface area (Å²) in [6, 6.07) is 4.15. The van der Waals surface area contributed by atoms with Crippen LogP contribution < -0.4 is 0 Å². The molecule has 2 heteroatoms.